The Morgan fingerprint density at radius 1 is 1.16 bits per heavy atom. The number of hydrogen-bond acceptors (Lipinski definition) is 4. The summed E-state index contributed by atoms with van der Waals surface area (Å²) in [6.45, 7) is 15.3. The van der Waals surface area contributed by atoms with Gasteiger partial charge in [0.15, 0.2) is 0 Å². The van der Waals surface area contributed by atoms with Gasteiger partial charge in [-0.3, -0.25) is 9.69 Å². The van der Waals surface area contributed by atoms with E-state index < -0.39 is 11.7 Å². The normalized spacial score (nSPS) is 18.0. The Kier molecular flexibility index (Phi) is 8.69. The van der Waals surface area contributed by atoms with E-state index in [0.29, 0.717) is 18.5 Å². The lowest BCUT2D eigenvalue weighted by Crippen LogP contribution is -2.49. The molecule has 0 spiro atoms. The zero-order valence-electron chi connectivity index (χ0n) is 16.9. The topological polar surface area (TPSA) is 70.7 Å². The minimum Gasteiger partial charge on any atom is -0.444 e. The molecule has 2 amide bonds. The molecule has 0 saturated carbocycles. The Morgan fingerprint density at radius 2 is 1.76 bits per heavy atom. The first kappa shape index (κ1) is 21.7. The van der Waals surface area contributed by atoms with Gasteiger partial charge in [0.25, 0.3) is 0 Å². The van der Waals surface area contributed by atoms with Gasteiger partial charge in [0.05, 0.1) is 0 Å². The number of hydrogen-bond donors (Lipinski definition) is 2. The molecule has 1 unspecified atom stereocenters. The van der Waals surface area contributed by atoms with Gasteiger partial charge in [-0.2, -0.15) is 0 Å². The van der Waals surface area contributed by atoms with Gasteiger partial charge in [-0.05, 0) is 58.5 Å². The third-order valence-electron chi connectivity index (χ3n) is 4.59. The summed E-state index contributed by atoms with van der Waals surface area (Å²) >= 11 is 0. The lowest BCUT2D eigenvalue weighted by Gasteiger charge is -2.38. The molecule has 0 aromatic carbocycles. The molecule has 1 aliphatic heterocycles. The Morgan fingerprint density at radius 3 is 2.28 bits per heavy atom. The Labute approximate surface area is 153 Å². The zero-order valence-corrected chi connectivity index (χ0v) is 16.9. The predicted molar refractivity (Wildman–Crippen MR) is 100 cm³/mol. The third kappa shape index (κ3) is 9.10. The number of alkyl carbamates (subject to hydrolysis) is 1. The van der Waals surface area contributed by atoms with E-state index in [0.717, 1.165) is 19.0 Å². The third-order valence-corrected chi connectivity index (χ3v) is 4.59. The van der Waals surface area contributed by atoms with Crippen LogP contribution < -0.4 is 10.6 Å². The number of carbonyl (C=O) groups is 2. The SMILES string of the molecule is CC1CCN(C(CNC(=O)CCNC(=O)OC(C)(C)C)C(C)C)CC1. The molecule has 0 bridgehead atoms. The molecule has 1 heterocycles. The molecule has 1 saturated heterocycles. The van der Waals surface area contributed by atoms with Crippen LogP contribution in [0.4, 0.5) is 4.79 Å². The molecule has 1 atom stereocenters. The van der Waals surface area contributed by atoms with Crippen molar-refractivity contribution in [2.75, 3.05) is 26.2 Å². The molecule has 6 heteroatoms. The summed E-state index contributed by atoms with van der Waals surface area (Å²) in [5, 5.41) is 5.64. The number of rotatable bonds is 7. The minimum atomic E-state index is -0.525. The number of ether oxygens (including phenoxy) is 1. The Hall–Kier alpha value is -1.30. The maximum Gasteiger partial charge on any atom is 0.407 e. The van der Waals surface area contributed by atoms with Crippen molar-refractivity contribution in [3.63, 3.8) is 0 Å². The molecule has 0 aliphatic carbocycles. The highest BCUT2D eigenvalue weighted by atomic mass is 16.6. The van der Waals surface area contributed by atoms with E-state index in [4.69, 9.17) is 4.74 Å². The summed E-state index contributed by atoms with van der Waals surface area (Å²) in [4.78, 5) is 26.1. The van der Waals surface area contributed by atoms with Crippen LogP contribution in [0.5, 0.6) is 0 Å². The van der Waals surface area contributed by atoms with Crippen molar-refractivity contribution in [3.05, 3.63) is 0 Å². The highest BCUT2D eigenvalue weighted by molar-refractivity contribution is 5.77. The maximum absolute atomic E-state index is 12.0. The quantitative estimate of drug-likeness (QED) is 0.737. The Balaban J connectivity index is 2.29. The summed E-state index contributed by atoms with van der Waals surface area (Å²) in [6.07, 6.45) is 2.25. The lowest BCUT2D eigenvalue weighted by atomic mass is 9.94. The van der Waals surface area contributed by atoms with Gasteiger partial charge >= 0.3 is 6.09 Å². The second-order valence-corrected chi connectivity index (χ2v) is 8.51. The second-order valence-electron chi connectivity index (χ2n) is 8.51. The van der Waals surface area contributed by atoms with Crippen molar-refractivity contribution in [2.45, 2.75) is 72.4 Å². The zero-order chi connectivity index (χ0) is 19.0. The molecule has 1 aliphatic rings. The first-order valence-electron chi connectivity index (χ1n) is 9.56. The number of carbonyl (C=O) groups excluding carboxylic acids is 2. The first-order chi connectivity index (χ1) is 11.6. The van der Waals surface area contributed by atoms with Crippen LogP contribution >= 0.6 is 0 Å². The predicted octanol–water partition coefficient (Wildman–Crippen LogP) is 2.77. The number of piperidine rings is 1. The molecule has 1 rings (SSSR count). The van der Waals surface area contributed by atoms with Crippen LogP contribution in [0.25, 0.3) is 0 Å². The van der Waals surface area contributed by atoms with Crippen LogP contribution in [0.1, 0.15) is 60.8 Å². The van der Waals surface area contributed by atoms with Crippen LogP contribution in [0.3, 0.4) is 0 Å². The molecule has 146 valence electrons. The highest BCUT2D eigenvalue weighted by Crippen LogP contribution is 2.21. The summed E-state index contributed by atoms with van der Waals surface area (Å²) < 4.78 is 5.15. The molecule has 0 aromatic heterocycles. The van der Waals surface area contributed by atoms with Crippen molar-refractivity contribution in [3.8, 4) is 0 Å². The summed E-state index contributed by atoms with van der Waals surface area (Å²) in [7, 11) is 0. The van der Waals surface area contributed by atoms with E-state index in [2.05, 4.69) is 36.3 Å². The van der Waals surface area contributed by atoms with Gasteiger partial charge in [-0.15, -0.1) is 0 Å². The molecule has 6 nitrogen and oxygen atoms in total. The van der Waals surface area contributed by atoms with Crippen molar-refractivity contribution in [1.82, 2.24) is 15.5 Å². The number of nitrogens with zero attached hydrogens (tertiary/aromatic N) is 1. The first-order valence-corrected chi connectivity index (χ1v) is 9.56. The van der Waals surface area contributed by atoms with Crippen LogP contribution in [0, 0.1) is 11.8 Å². The standard InChI is InChI=1S/C19H37N3O3/c1-14(2)16(22-11-8-15(3)9-12-22)13-21-17(23)7-10-20-18(24)25-19(4,5)6/h14-16H,7-13H2,1-6H3,(H,20,24)(H,21,23). The highest BCUT2D eigenvalue weighted by Gasteiger charge is 2.25. The second kappa shape index (κ2) is 10.00. The monoisotopic (exact) mass is 355 g/mol. The average molecular weight is 356 g/mol. The van der Waals surface area contributed by atoms with Gasteiger partial charge in [-0.1, -0.05) is 20.8 Å². The molecule has 0 radical (unpaired) electrons. The number of likely N-dealkylation sites (tertiary alicyclic amines) is 1. The van der Waals surface area contributed by atoms with Gasteiger partial charge in [0, 0.05) is 25.6 Å². The van der Waals surface area contributed by atoms with Gasteiger partial charge in [-0.25, -0.2) is 4.79 Å². The van der Waals surface area contributed by atoms with Gasteiger partial charge in [0.2, 0.25) is 5.91 Å². The molecular weight excluding hydrogens is 318 g/mol. The average Bonchev–Trinajstić information content (AvgIpc) is 2.47. The van der Waals surface area contributed by atoms with Crippen molar-refractivity contribution < 1.29 is 14.3 Å². The molecule has 25 heavy (non-hydrogen) atoms. The Bertz CT molecular complexity index is 424. The van der Waals surface area contributed by atoms with E-state index >= 15 is 0 Å². The largest absolute Gasteiger partial charge is 0.444 e. The maximum atomic E-state index is 12.0. The fourth-order valence-corrected chi connectivity index (χ4v) is 3.05. The van der Waals surface area contributed by atoms with Crippen LogP contribution in [0.15, 0.2) is 0 Å². The van der Waals surface area contributed by atoms with Crippen molar-refractivity contribution in [2.24, 2.45) is 11.8 Å². The van der Waals surface area contributed by atoms with Crippen LogP contribution in [-0.4, -0.2) is 54.7 Å². The van der Waals surface area contributed by atoms with E-state index in [1.807, 2.05) is 20.8 Å². The van der Waals surface area contributed by atoms with Crippen molar-refractivity contribution >= 4 is 12.0 Å². The fourth-order valence-electron chi connectivity index (χ4n) is 3.05. The molecule has 2 N–H and O–H groups in total. The minimum absolute atomic E-state index is 0.0351. The van der Waals surface area contributed by atoms with E-state index in [1.165, 1.54) is 12.8 Å². The van der Waals surface area contributed by atoms with E-state index in [1.54, 1.807) is 0 Å². The summed E-state index contributed by atoms with van der Waals surface area (Å²) in [5.41, 5.74) is -0.525. The summed E-state index contributed by atoms with van der Waals surface area (Å²) in [5.74, 6) is 1.26. The molecular formula is C19H37N3O3. The number of amides is 2. The van der Waals surface area contributed by atoms with E-state index in [-0.39, 0.29) is 18.9 Å². The van der Waals surface area contributed by atoms with E-state index in [9.17, 15) is 9.59 Å². The van der Waals surface area contributed by atoms with Gasteiger partial charge in [0.1, 0.15) is 5.60 Å². The number of nitrogens with one attached hydrogen (secondary N) is 2. The van der Waals surface area contributed by atoms with Crippen molar-refractivity contribution in [1.29, 1.82) is 0 Å². The van der Waals surface area contributed by atoms with Crippen LogP contribution in [-0.2, 0) is 9.53 Å². The lowest BCUT2D eigenvalue weighted by molar-refractivity contribution is -0.121. The van der Waals surface area contributed by atoms with Crippen LogP contribution in [0.2, 0.25) is 0 Å². The smallest absolute Gasteiger partial charge is 0.407 e. The van der Waals surface area contributed by atoms with Gasteiger partial charge < -0.3 is 15.4 Å². The molecule has 1 fully saturated rings. The summed E-state index contributed by atoms with van der Waals surface area (Å²) in [6, 6.07) is 0.371. The molecule has 0 aromatic rings. The fraction of sp³-hybridized carbons (Fsp3) is 0.895.